The van der Waals surface area contributed by atoms with Crippen LogP contribution < -0.4 is 14.8 Å². The number of ether oxygens (including phenoxy) is 3. The first kappa shape index (κ1) is 26.5. The van der Waals surface area contributed by atoms with Crippen molar-refractivity contribution in [3.63, 3.8) is 0 Å². The van der Waals surface area contributed by atoms with Crippen molar-refractivity contribution in [2.75, 3.05) is 20.3 Å². The molecular weight excluding hydrogens is 495 g/mol. The molecule has 0 bridgehead atoms. The number of aromatic hydroxyl groups is 2. The molecule has 0 fully saturated rings. The molecule has 2 aromatic carbocycles. The zero-order valence-electron chi connectivity index (χ0n) is 19.5. The molecule has 0 aliphatic rings. The van der Waals surface area contributed by atoms with Gasteiger partial charge in [0.15, 0.2) is 23.3 Å². The van der Waals surface area contributed by atoms with Gasteiger partial charge >= 0.3 is 5.97 Å². The van der Waals surface area contributed by atoms with E-state index in [0.29, 0.717) is 34.7 Å². The Hall–Kier alpha value is -3.07. The lowest BCUT2D eigenvalue weighted by molar-refractivity contribution is -0.143. The summed E-state index contributed by atoms with van der Waals surface area (Å²) in [6, 6.07) is 13.2. The van der Waals surface area contributed by atoms with Gasteiger partial charge in [0.1, 0.15) is 6.61 Å². The van der Waals surface area contributed by atoms with E-state index < -0.39 is 0 Å². The number of carbonyl (C=O) groups excluding carboxylic acids is 1. The van der Waals surface area contributed by atoms with Crippen LogP contribution in [0.1, 0.15) is 30.5 Å². The molecule has 10 heteroatoms. The average molecular weight is 523 g/mol. The van der Waals surface area contributed by atoms with Crippen molar-refractivity contribution < 1.29 is 29.2 Å². The van der Waals surface area contributed by atoms with E-state index in [4.69, 9.17) is 37.4 Å². The molecular formula is C25H28Cl2N2O6. The lowest BCUT2D eigenvalue weighted by Crippen LogP contribution is -2.24. The Morgan fingerprint density at radius 1 is 1.03 bits per heavy atom. The van der Waals surface area contributed by atoms with Gasteiger partial charge in [0.05, 0.1) is 36.7 Å². The van der Waals surface area contributed by atoms with Crippen LogP contribution in [-0.2, 0) is 22.6 Å². The van der Waals surface area contributed by atoms with Gasteiger partial charge in [-0.2, -0.15) is 0 Å². The first-order valence-corrected chi connectivity index (χ1v) is 11.8. The number of esters is 1. The molecule has 3 rings (SSSR count). The molecule has 0 radical (unpaired) electrons. The normalized spacial score (nSPS) is 11.8. The number of rotatable bonds is 12. The fourth-order valence-electron chi connectivity index (χ4n) is 3.53. The van der Waals surface area contributed by atoms with Gasteiger partial charge in [-0.25, -0.2) is 0 Å². The van der Waals surface area contributed by atoms with Gasteiger partial charge in [0.2, 0.25) is 0 Å². The summed E-state index contributed by atoms with van der Waals surface area (Å²) in [4.78, 5) is 12.2. The van der Waals surface area contributed by atoms with E-state index in [1.165, 1.54) is 16.7 Å². The van der Waals surface area contributed by atoms with Gasteiger partial charge in [-0.15, -0.1) is 0 Å². The summed E-state index contributed by atoms with van der Waals surface area (Å²) in [5.41, 5.74) is 1.72. The van der Waals surface area contributed by atoms with Crippen LogP contribution in [0.3, 0.4) is 0 Å². The Labute approximate surface area is 213 Å². The molecule has 0 saturated heterocycles. The molecule has 3 aromatic rings. The van der Waals surface area contributed by atoms with E-state index in [1.807, 2.05) is 18.2 Å². The monoisotopic (exact) mass is 522 g/mol. The second-order valence-corrected chi connectivity index (χ2v) is 8.47. The van der Waals surface area contributed by atoms with Gasteiger partial charge in [0, 0.05) is 24.7 Å². The molecule has 1 unspecified atom stereocenters. The van der Waals surface area contributed by atoms with E-state index >= 15 is 0 Å². The highest BCUT2D eigenvalue weighted by atomic mass is 35.5. The van der Waals surface area contributed by atoms with E-state index in [0.717, 1.165) is 11.1 Å². The van der Waals surface area contributed by atoms with Gasteiger partial charge in [-0.1, -0.05) is 35.3 Å². The highest BCUT2D eigenvalue weighted by molar-refractivity contribution is 6.42. The van der Waals surface area contributed by atoms with E-state index in [1.54, 1.807) is 32.2 Å². The minimum absolute atomic E-state index is 0.0427. The quantitative estimate of drug-likeness (QED) is 0.285. The Morgan fingerprint density at radius 2 is 1.77 bits per heavy atom. The first-order valence-electron chi connectivity index (χ1n) is 11.0. The van der Waals surface area contributed by atoms with Crippen LogP contribution >= 0.6 is 23.2 Å². The summed E-state index contributed by atoms with van der Waals surface area (Å²) >= 11 is 12.2. The van der Waals surface area contributed by atoms with Crippen molar-refractivity contribution in [2.24, 2.45) is 0 Å². The van der Waals surface area contributed by atoms with Gasteiger partial charge in [0.25, 0.3) is 0 Å². The van der Waals surface area contributed by atoms with Crippen molar-refractivity contribution in [1.29, 1.82) is 0 Å². The number of carbonyl (C=O) groups is 1. The van der Waals surface area contributed by atoms with E-state index in [9.17, 15) is 15.0 Å². The fourth-order valence-corrected chi connectivity index (χ4v) is 3.83. The highest BCUT2D eigenvalue weighted by Crippen LogP contribution is 2.30. The van der Waals surface area contributed by atoms with Crippen molar-refractivity contribution in [3.05, 3.63) is 69.7 Å². The topological polar surface area (TPSA) is 102 Å². The van der Waals surface area contributed by atoms with Crippen molar-refractivity contribution in [1.82, 2.24) is 9.88 Å². The van der Waals surface area contributed by atoms with Gasteiger partial charge in [-0.05, 0) is 42.3 Å². The zero-order valence-corrected chi connectivity index (χ0v) is 21.0. The number of hydrogen-bond acceptors (Lipinski definition) is 7. The van der Waals surface area contributed by atoms with Crippen LogP contribution in [-0.4, -0.2) is 41.1 Å². The van der Waals surface area contributed by atoms with Crippen molar-refractivity contribution >= 4 is 29.2 Å². The number of halogens is 2. The predicted octanol–water partition coefficient (Wildman–Crippen LogP) is 5.08. The predicted molar refractivity (Wildman–Crippen MR) is 134 cm³/mol. The number of methoxy groups -OCH3 is 1. The van der Waals surface area contributed by atoms with Crippen molar-refractivity contribution in [3.8, 4) is 23.3 Å². The fraction of sp³-hybridized carbons (Fsp3) is 0.320. The molecule has 0 spiro atoms. The molecule has 3 N–H and O–H groups in total. The van der Waals surface area contributed by atoms with Crippen molar-refractivity contribution in [2.45, 2.75) is 32.5 Å². The summed E-state index contributed by atoms with van der Waals surface area (Å²) in [5, 5.41) is 23.7. The highest BCUT2D eigenvalue weighted by Gasteiger charge is 2.18. The number of hydrogen-bond donors (Lipinski definition) is 3. The number of aromatic nitrogens is 1. The minimum atomic E-state index is -0.340. The Bertz CT molecular complexity index is 1130. The Balaban J connectivity index is 1.67. The van der Waals surface area contributed by atoms with Crippen LogP contribution in [0, 0.1) is 0 Å². The summed E-state index contributed by atoms with van der Waals surface area (Å²) in [6.07, 6.45) is 0.128. The van der Waals surface area contributed by atoms with Crippen LogP contribution in [0.5, 0.6) is 23.3 Å². The molecule has 0 aliphatic heterocycles. The van der Waals surface area contributed by atoms with E-state index in [2.05, 4.69) is 5.32 Å². The second kappa shape index (κ2) is 12.6. The van der Waals surface area contributed by atoms with Crippen LogP contribution in [0.25, 0.3) is 0 Å². The summed E-state index contributed by atoms with van der Waals surface area (Å²) in [6.45, 7) is 2.97. The molecule has 0 saturated carbocycles. The lowest BCUT2D eigenvalue weighted by atomic mass is 10.0. The van der Waals surface area contributed by atoms with Crippen LogP contribution in [0.4, 0.5) is 0 Å². The molecule has 8 nitrogen and oxygen atoms in total. The van der Waals surface area contributed by atoms with Crippen LogP contribution in [0.15, 0.2) is 48.5 Å². The molecule has 1 atom stereocenters. The molecule has 0 aliphatic carbocycles. The molecule has 188 valence electrons. The third kappa shape index (κ3) is 7.21. The first-order chi connectivity index (χ1) is 16.8. The van der Waals surface area contributed by atoms with E-state index in [-0.39, 0.29) is 43.3 Å². The molecule has 1 heterocycles. The zero-order chi connectivity index (χ0) is 25.4. The van der Waals surface area contributed by atoms with Crippen LogP contribution in [0.2, 0.25) is 10.0 Å². The maximum absolute atomic E-state index is 12.2. The second-order valence-electron chi connectivity index (χ2n) is 7.65. The maximum atomic E-state index is 12.2. The third-order valence-corrected chi connectivity index (χ3v) is 6.05. The maximum Gasteiger partial charge on any atom is 0.307 e. The standard InChI is InChI=1S/C25H28Cl2N2O6/c1-3-34-25(32)14-20(17-5-6-18(26)19(27)13-17)28-15-16-4-7-21(22(12-16)33-2)35-11-10-29-23(30)8-9-24(29)31/h4-9,12-13,20,28,30-31H,3,10-11,14-15H2,1-2H3. The summed E-state index contributed by atoms with van der Waals surface area (Å²) in [5.74, 6) is 0.645. The number of nitrogens with zero attached hydrogens (tertiary/aromatic N) is 1. The summed E-state index contributed by atoms with van der Waals surface area (Å²) in [7, 11) is 1.54. The largest absolute Gasteiger partial charge is 0.494 e. The van der Waals surface area contributed by atoms with Gasteiger partial charge in [-0.3, -0.25) is 9.36 Å². The average Bonchev–Trinajstić information content (AvgIpc) is 3.16. The molecule has 35 heavy (non-hydrogen) atoms. The minimum Gasteiger partial charge on any atom is -0.494 e. The smallest absolute Gasteiger partial charge is 0.307 e. The lowest BCUT2D eigenvalue weighted by Gasteiger charge is -2.20. The third-order valence-electron chi connectivity index (χ3n) is 5.31. The summed E-state index contributed by atoms with van der Waals surface area (Å²) < 4.78 is 17.7. The number of nitrogens with one attached hydrogen (secondary N) is 1. The Morgan fingerprint density at radius 3 is 2.43 bits per heavy atom. The molecule has 1 aromatic heterocycles. The van der Waals surface area contributed by atoms with Gasteiger partial charge < -0.3 is 29.7 Å². The Kier molecular flexibility index (Phi) is 9.54. The number of benzene rings is 2. The molecule has 0 amide bonds. The SMILES string of the molecule is CCOC(=O)CC(NCc1ccc(OCCn2c(O)ccc2O)c(OC)c1)c1ccc(Cl)c(Cl)c1.